The highest BCUT2D eigenvalue weighted by atomic mass is 16.7. The van der Waals surface area contributed by atoms with Crippen molar-refractivity contribution in [3.63, 3.8) is 0 Å². The number of hydrogen-bond acceptors (Lipinski definition) is 4. The van der Waals surface area contributed by atoms with E-state index in [1.807, 2.05) is 0 Å². The first kappa shape index (κ1) is 17.3. The molecule has 2 N–H and O–H groups in total. The zero-order chi connectivity index (χ0) is 16.8. The van der Waals surface area contributed by atoms with Crippen molar-refractivity contribution < 1.29 is 19.7 Å². The zero-order valence-corrected chi connectivity index (χ0v) is 15.1. The van der Waals surface area contributed by atoms with E-state index in [1.54, 1.807) is 0 Å². The third kappa shape index (κ3) is 2.84. The highest BCUT2D eigenvalue weighted by Gasteiger charge is 2.60. The Balaban J connectivity index is 1.36. The van der Waals surface area contributed by atoms with Crippen molar-refractivity contribution in [3.05, 3.63) is 0 Å². The lowest BCUT2D eigenvalue weighted by Crippen LogP contribution is -2.50. The number of hydrogen-bond donors (Lipinski definition) is 2. The summed E-state index contributed by atoms with van der Waals surface area (Å²) in [5.41, 5.74) is 0.360. The molecule has 0 radical (unpaired) electrons. The van der Waals surface area contributed by atoms with Gasteiger partial charge in [-0.25, -0.2) is 0 Å². The van der Waals surface area contributed by atoms with Crippen LogP contribution in [-0.4, -0.2) is 41.9 Å². The van der Waals surface area contributed by atoms with Crippen LogP contribution in [0.1, 0.15) is 71.1 Å². The van der Waals surface area contributed by atoms with Crippen molar-refractivity contribution >= 4 is 0 Å². The van der Waals surface area contributed by atoms with E-state index in [1.165, 1.54) is 25.7 Å². The van der Waals surface area contributed by atoms with Crippen LogP contribution in [0.5, 0.6) is 0 Å². The van der Waals surface area contributed by atoms with Gasteiger partial charge in [0.05, 0.1) is 19.3 Å². The number of ether oxygens (including phenoxy) is 2. The summed E-state index contributed by atoms with van der Waals surface area (Å²) in [7, 11) is 0. The molecule has 4 unspecified atom stereocenters. The largest absolute Gasteiger partial charge is 0.396 e. The SMILES string of the molecule is CC12CCCC3(OCCO3)C1CCC2CCC(O)CC1(CO)CC1. The summed E-state index contributed by atoms with van der Waals surface area (Å²) in [4.78, 5) is 0. The van der Waals surface area contributed by atoms with Crippen LogP contribution in [0, 0.1) is 22.7 Å². The van der Waals surface area contributed by atoms with Gasteiger partial charge < -0.3 is 19.7 Å². The molecular formula is C20H34O4. The molecule has 24 heavy (non-hydrogen) atoms. The van der Waals surface area contributed by atoms with E-state index in [2.05, 4.69) is 6.92 Å². The lowest BCUT2D eigenvalue weighted by molar-refractivity contribution is -0.240. The fourth-order valence-corrected chi connectivity index (χ4v) is 6.19. The topological polar surface area (TPSA) is 58.9 Å². The molecule has 4 heteroatoms. The van der Waals surface area contributed by atoms with Crippen LogP contribution >= 0.6 is 0 Å². The van der Waals surface area contributed by atoms with Gasteiger partial charge in [-0.1, -0.05) is 6.92 Å². The highest BCUT2D eigenvalue weighted by molar-refractivity contribution is 5.05. The van der Waals surface area contributed by atoms with Crippen molar-refractivity contribution in [3.8, 4) is 0 Å². The summed E-state index contributed by atoms with van der Waals surface area (Å²) < 4.78 is 12.2. The Morgan fingerprint density at radius 2 is 1.83 bits per heavy atom. The van der Waals surface area contributed by atoms with Gasteiger partial charge in [0.25, 0.3) is 0 Å². The Bertz CT molecular complexity index is 455. The summed E-state index contributed by atoms with van der Waals surface area (Å²) in [5.74, 6) is 0.900. The summed E-state index contributed by atoms with van der Waals surface area (Å²) in [6.45, 7) is 4.19. The van der Waals surface area contributed by atoms with Crippen molar-refractivity contribution in [1.82, 2.24) is 0 Å². The van der Waals surface area contributed by atoms with E-state index in [4.69, 9.17) is 9.47 Å². The second kappa shape index (κ2) is 6.22. The maximum absolute atomic E-state index is 10.4. The molecule has 4 nitrogen and oxygen atoms in total. The van der Waals surface area contributed by atoms with E-state index >= 15 is 0 Å². The molecule has 0 bridgehead atoms. The van der Waals surface area contributed by atoms with E-state index in [0.29, 0.717) is 17.3 Å². The van der Waals surface area contributed by atoms with E-state index in [-0.39, 0.29) is 23.9 Å². The molecule has 0 aromatic rings. The molecule has 4 fully saturated rings. The molecule has 1 spiro atoms. The lowest BCUT2D eigenvalue weighted by atomic mass is 9.62. The molecule has 1 aliphatic heterocycles. The van der Waals surface area contributed by atoms with Gasteiger partial charge in [0.15, 0.2) is 5.79 Å². The van der Waals surface area contributed by atoms with Crippen LogP contribution in [0.2, 0.25) is 0 Å². The van der Waals surface area contributed by atoms with E-state index in [9.17, 15) is 10.2 Å². The van der Waals surface area contributed by atoms with Gasteiger partial charge in [0.1, 0.15) is 0 Å². The minimum absolute atomic E-state index is 0.0575. The predicted molar refractivity (Wildman–Crippen MR) is 91.4 cm³/mol. The molecule has 1 heterocycles. The predicted octanol–water partition coefficient (Wildman–Crippen LogP) is 3.25. The van der Waals surface area contributed by atoms with Gasteiger partial charge in [-0.05, 0) is 74.5 Å². The first-order valence-corrected chi connectivity index (χ1v) is 10.1. The molecule has 3 aliphatic carbocycles. The molecule has 0 aromatic heterocycles. The lowest BCUT2D eigenvalue weighted by Gasteiger charge is -2.49. The second-order valence-electron chi connectivity index (χ2n) is 9.29. The maximum Gasteiger partial charge on any atom is 0.171 e. The quantitative estimate of drug-likeness (QED) is 0.780. The summed E-state index contributed by atoms with van der Waals surface area (Å²) in [6, 6.07) is 0. The summed E-state index contributed by atoms with van der Waals surface area (Å²) in [5, 5.41) is 19.9. The highest BCUT2D eigenvalue weighted by Crippen LogP contribution is 2.62. The molecule has 4 rings (SSSR count). The van der Waals surface area contributed by atoms with Crippen molar-refractivity contribution in [2.45, 2.75) is 83.0 Å². The van der Waals surface area contributed by atoms with Gasteiger partial charge in [-0.2, -0.15) is 0 Å². The first-order chi connectivity index (χ1) is 11.5. The molecule has 4 atom stereocenters. The molecule has 138 valence electrons. The number of fused-ring (bicyclic) bond motifs is 2. The van der Waals surface area contributed by atoms with Crippen LogP contribution in [0.15, 0.2) is 0 Å². The molecule has 0 aromatic carbocycles. The second-order valence-corrected chi connectivity index (χ2v) is 9.29. The standard InChI is InChI=1S/C20H34O4/c1-18-7-2-8-20(23-11-12-24-20)17(18)6-4-15(18)3-5-16(22)13-19(14-21)9-10-19/h15-17,21-22H,2-14H2,1H3. The fourth-order valence-electron chi connectivity index (χ4n) is 6.19. The van der Waals surface area contributed by atoms with Gasteiger partial charge in [0, 0.05) is 18.9 Å². The number of aliphatic hydroxyl groups is 2. The molecule has 0 amide bonds. The number of rotatable bonds is 6. The Kier molecular flexibility index (Phi) is 4.48. The third-order valence-corrected chi connectivity index (χ3v) is 7.89. The van der Waals surface area contributed by atoms with E-state index in [0.717, 1.165) is 51.7 Å². The average molecular weight is 338 g/mol. The van der Waals surface area contributed by atoms with Crippen LogP contribution in [0.25, 0.3) is 0 Å². The normalized spacial score (nSPS) is 40.6. The fraction of sp³-hybridized carbons (Fsp3) is 1.00. The minimum Gasteiger partial charge on any atom is -0.396 e. The molecule has 4 aliphatic rings. The molecule has 3 saturated carbocycles. The summed E-state index contributed by atoms with van der Waals surface area (Å²) >= 11 is 0. The van der Waals surface area contributed by atoms with Gasteiger partial charge in [0.2, 0.25) is 0 Å². The maximum atomic E-state index is 10.4. The molecular weight excluding hydrogens is 304 g/mol. The van der Waals surface area contributed by atoms with E-state index < -0.39 is 0 Å². The Morgan fingerprint density at radius 3 is 2.50 bits per heavy atom. The third-order valence-electron chi connectivity index (χ3n) is 7.89. The van der Waals surface area contributed by atoms with Crippen LogP contribution < -0.4 is 0 Å². The summed E-state index contributed by atoms with van der Waals surface area (Å²) in [6.07, 6.45) is 10.7. The van der Waals surface area contributed by atoms with Crippen molar-refractivity contribution in [2.75, 3.05) is 19.8 Å². The Hall–Kier alpha value is -0.160. The zero-order valence-electron chi connectivity index (χ0n) is 15.1. The minimum atomic E-state index is -0.296. The van der Waals surface area contributed by atoms with Crippen LogP contribution in [-0.2, 0) is 9.47 Å². The monoisotopic (exact) mass is 338 g/mol. The van der Waals surface area contributed by atoms with Crippen molar-refractivity contribution in [1.29, 1.82) is 0 Å². The molecule has 1 saturated heterocycles. The number of aliphatic hydroxyl groups excluding tert-OH is 2. The first-order valence-electron chi connectivity index (χ1n) is 10.1. The van der Waals surface area contributed by atoms with Crippen LogP contribution in [0.3, 0.4) is 0 Å². The van der Waals surface area contributed by atoms with Gasteiger partial charge in [-0.3, -0.25) is 0 Å². The Labute approximate surface area is 145 Å². The smallest absolute Gasteiger partial charge is 0.171 e. The average Bonchev–Trinajstić information content (AvgIpc) is 3.02. The van der Waals surface area contributed by atoms with Gasteiger partial charge >= 0.3 is 0 Å². The van der Waals surface area contributed by atoms with Gasteiger partial charge in [-0.15, -0.1) is 0 Å². The Morgan fingerprint density at radius 1 is 1.08 bits per heavy atom. The van der Waals surface area contributed by atoms with Crippen LogP contribution in [0.4, 0.5) is 0 Å². The van der Waals surface area contributed by atoms with Crippen molar-refractivity contribution in [2.24, 2.45) is 22.7 Å².